The molecule has 1 unspecified atom stereocenters. The summed E-state index contributed by atoms with van der Waals surface area (Å²) >= 11 is 5.80. The second-order valence-electron chi connectivity index (χ2n) is 4.39. The number of sulfonamides is 1. The second kappa shape index (κ2) is 7.33. The standard InChI is InChI=1S/C12H18ClFN2O3S/c1-8(7-19-3)16-20(17,18)10-4-9(6-15-2)12(13)11(14)5-10/h4-5,8,15-16H,6-7H2,1-3H3. The van der Waals surface area contributed by atoms with E-state index in [1.807, 2.05) is 0 Å². The van der Waals surface area contributed by atoms with Gasteiger partial charge in [0.25, 0.3) is 0 Å². The molecule has 2 N–H and O–H groups in total. The van der Waals surface area contributed by atoms with E-state index in [9.17, 15) is 12.8 Å². The van der Waals surface area contributed by atoms with Crippen LogP contribution in [0.3, 0.4) is 0 Å². The summed E-state index contributed by atoms with van der Waals surface area (Å²) in [5.41, 5.74) is 0.383. The van der Waals surface area contributed by atoms with Crippen molar-refractivity contribution in [2.45, 2.75) is 24.4 Å². The largest absolute Gasteiger partial charge is 0.383 e. The molecule has 0 spiro atoms. The van der Waals surface area contributed by atoms with Gasteiger partial charge in [0.2, 0.25) is 10.0 Å². The van der Waals surface area contributed by atoms with Gasteiger partial charge in [0, 0.05) is 19.7 Å². The average Bonchev–Trinajstić information content (AvgIpc) is 2.34. The van der Waals surface area contributed by atoms with Gasteiger partial charge in [0.1, 0.15) is 5.82 Å². The minimum absolute atomic E-state index is 0.0803. The molecule has 1 aromatic carbocycles. The van der Waals surface area contributed by atoms with Gasteiger partial charge in [0.15, 0.2) is 0 Å². The fraction of sp³-hybridized carbons (Fsp3) is 0.500. The monoisotopic (exact) mass is 324 g/mol. The molecule has 0 aliphatic carbocycles. The van der Waals surface area contributed by atoms with Crippen molar-refractivity contribution in [2.24, 2.45) is 0 Å². The third kappa shape index (κ3) is 4.39. The van der Waals surface area contributed by atoms with Crippen molar-refractivity contribution in [1.82, 2.24) is 10.0 Å². The Hall–Kier alpha value is -0.730. The lowest BCUT2D eigenvalue weighted by molar-refractivity contribution is 0.180. The van der Waals surface area contributed by atoms with E-state index in [2.05, 4.69) is 10.0 Å². The van der Waals surface area contributed by atoms with Gasteiger partial charge in [-0.3, -0.25) is 0 Å². The van der Waals surface area contributed by atoms with Crippen molar-refractivity contribution < 1.29 is 17.5 Å². The predicted molar refractivity (Wildman–Crippen MR) is 75.8 cm³/mol. The maximum absolute atomic E-state index is 13.7. The Bertz CT molecular complexity index is 566. The molecule has 1 rings (SSSR count). The summed E-state index contributed by atoms with van der Waals surface area (Å²) in [7, 11) is -0.687. The van der Waals surface area contributed by atoms with Gasteiger partial charge in [-0.25, -0.2) is 17.5 Å². The zero-order valence-corrected chi connectivity index (χ0v) is 13.1. The van der Waals surface area contributed by atoms with Gasteiger partial charge in [-0.15, -0.1) is 0 Å². The van der Waals surface area contributed by atoms with Crippen LogP contribution in [-0.4, -0.2) is 35.2 Å². The van der Waals surface area contributed by atoms with Crippen molar-refractivity contribution in [2.75, 3.05) is 20.8 Å². The molecule has 20 heavy (non-hydrogen) atoms. The molecular weight excluding hydrogens is 307 g/mol. The summed E-state index contributed by atoms with van der Waals surface area (Å²) < 4.78 is 45.2. The van der Waals surface area contributed by atoms with Crippen LogP contribution in [0.15, 0.2) is 17.0 Å². The van der Waals surface area contributed by atoms with E-state index < -0.39 is 21.9 Å². The zero-order chi connectivity index (χ0) is 15.3. The third-order valence-electron chi connectivity index (χ3n) is 2.53. The molecule has 0 fully saturated rings. The summed E-state index contributed by atoms with van der Waals surface area (Å²) in [6.07, 6.45) is 0. The molecule has 0 radical (unpaired) electrons. The second-order valence-corrected chi connectivity index (χ2v) is 6.48. The zero-order valence-electron chi connectivity index (χ0n) is 11.5. The lowest BCUT2D eigenvalue weighted by Gasteiger charge is -2.14. The maximum Gasteiger partial charge on any atom is 0.241 e. The van der Waals surface area contributed by atoms with Crippen molar-refractivity contribution in [3.8, 4) is 0 Å². The van der Waals surface area contributed by atoms with Crippen LogP contribution in [0.1, 0.15) is 12.5 Å². The van der Waals surface area contributed by atoms with Crippen LogP contribution in [0.2, 0.25) is 5.02 Å². The number of ether oxygens (including phenoxy) is 1. The minimum atomic E-state index is -3.82. The Morgan fingerprint density at radius 3 is 2.65 bits per heavy atom. The summed E-state index contributed by atoms with van der Waals surface area (Å²) in [5, 5.41) is 2.73. The molecule has 0 saturated carbocycles. The van der Waals surface area contributed by atoms with Gasteiger partial charge in [0.05, 0.1) is 16.5 Å². The van der Waals surface area contributed by atoms with Gasteiger partial charge < -0.3 is 10.1 Å². The molecule has 0 amide bonds. The molecule has 0 heterocycles. The number of rotatable bonds is 7. The van der Waals surface area contributed by atoms with E-state index in [-0.39, 0.29) is 23.1 Å². The number of nitrogens with one attached hydrogen (secondary N) is 2. The van der Waals surface area contributed by atoms with Gasteiger partial charge in [-0.1, -0.05) is 11.6 Å². The third-order valence-corrected chi connectivity index (χ3v) is 4.52. The summed E-state index contributed by atoms with van der Waals surface area (Å²) in [4.78, 5) is -0.160. The molecule has 0 aliphatic heterocycles. The molecule has 0 bridgehead atoms. The molecule has 114 valence electrons. The Kier molecular flexibility index (Phi) is 6.35. The first-order valence-electron chi connectivity index (χ1n) is 5.95. The van der Waals surface area contributed by atoms with E-state index in [0.29, 0.717) is 5.56 Å². The molecule has 5 nitrogen and oxygen atoms in total. The fourth-order valence-electron chi connectivity index (χ4n) is 1.71. The topological polar surface area (TPSA) is 67.4 Å². The van der Waals surface area contributed by atoms with E-state index in [4.69, 9.17) is 16.3 Å². The predicted octanol–water partition coefficient (Wildman–Crippen LogP) is 1.51. The van der Waals surface area contributed by atoms with Gasteiger partial charge in [-0.2, -0.15) is 0 Å². The summed E-state index contributed by atoms with van der Waals surface area (Å²) in [6, 6.07) is 1.84. The molecule has 1 aromatic rings. The Balaban J connectivity index is 3.12. The highest BCUT2D eigenvalue weighted by atomic mass is 35.5. The van der Waals surface area contributed by atoms with E-state index in [0.717, 1.165) is 6.07 Å². The highest BCUT2D eigenvalue weighted by Crippen LogP contribution is 2.24. The quantitative estimate of drug-likeness (QED) is 0.798. The lowest BCUT2D eigenvalue weighted by atomic mass is 10.2. The fourth-order valence-corrected chi connectivity index (χ4v) is 3.18. The van der Waals surface area contributed by atoms with Crippen LogP contribution in [-0.2, 0) is 21.3 Å². The van der Waals surface area contributed by atoms with Crippen LogP contribution < -0.4 is 10.0 Å². The molecular formula is C12H18ClFN2O3S. The molecule has 1 atom stereocenters. The smallest absolute Gasteiger partial charge is 0.241 e. The molecule has 0 aliphatic rings. The molecule has 0 aromatic heterocycles. The van der Waals surface area contributed by atoms with E-state index in [1.54, 1.807) is 14.0 Å². The van der Waals surface area contributed by atoms with E-state index >= 15 is 0 Å². The first-order chi connectivity index (χ1) is 9.31. The first kappa shape index (κ1) is 17.3. The minimum Gasteiger partial charge on any atom is -0.383 e. The number of benzene rings is 1. The average molecular weight is 325 g/mol. The molecule has 8 heteroatoms. The normalized spacial score (nSPS) is 13.4. The van der Waals surface area contributed by atoms with Crippen LogP contribution >= 0.6 is 11.6 Å². The highest BCUT2D eigenvalue weighted by molar-refractivity contribution is 7.89. The van der Waals surface area contributed by atoms with Crippen LogP contribution in [0, 0.1) is 5.82 Å². The van der Waals surface area contributed by atoms with Gasteiger partial charge >= 0.3 is 0 Å². The van der Waals surface area contributed by atoms with Crippen molar-refractivity contribution in [1.29, 1.82) is 0 Å². The Morgan fingerprint density at radius 1 is 1.45 bits per heavy atom. The lowest BCUT2D eigenvalue weighted by Crippen LogP contribution is -2.35. The van der Waals surface area contributed by atoms with Crippen LogP contribution in [0.4, 0.5) is 4.39 Å². The number of hydrogen-bond donors (Lipinski definition) is 2. The van der Waals surface area contributed by atoms with Crippen molar-refractivity contribution >= 4 is 21.6 Å². The summed E-state index contributed by atoms with van der Waals surface area (Å²) in [5.74, 6) is -0.765. The van der Waals surface area contributed by atoms with Crippen LogP contribution in [0.5, 0.6) is 0 Å². The van der Waals surface area contributed by atoms with Crippen LogP contribution in [0.25, 0.3) is 0 Å². The number of methoxy groups -OCH3 is 1. The highest BCUT2D eigenvalue weighted by Gasteiger charge is 2.20. The Labute approximate surface area is 123 Å². The first-order valence-corrected chi connectivity index (χ1v) is 7.81. The van der Waals surface area contributed by atoms with Crippen molar-refractivity contribution in [3.63, 3.8) is 0 Å². The van der Waals surface area contributed by atoms with Gasteiger partial charge in [-0.05, 0) is 31.7 Å². The Morgan fingerprint density at radius 2 is 2.10 bits per heavy atom. The summed E-state index contributed by atoms with van der Waals surface area (Å²) in [6.45, 7) is 2.15. The maximum atomic E-state index is 13.7. The van der Waals surface area contributed by atoms with E-state index in [1.165, 1.54) is 13.2 Å². The van der Waals surface area contributed by atoms with Crippen molar-refractivity contribution in [3.05, 3.63) is 28.5 Å². The SMILES string of the molecule is CNCc1cc(S(=O)(=O)NC(C)COC)cc(F)c1Cl. The number of halogens is 2. The number of hydrogen-bond acceptors (Lipinski definition) is 4. The molecule has 0 saturated heterocycles.